The SMILES string of the molecule is COC(=O)CCCNC(=O)CN1CCCCC1CO. The summed E-state index contributed by atoms with van der Waals surface area (Å²) < 4.78 is 4.52. The molecular formula is C13H24N2O4. The van der Waals surface area contributed by atoms with E-state index in [0.717, 1.165) is 25.8 Å². The van der Waals surface area contributed by atoms with Crippen LogP contribution in [0.5, 0.6) is 0 Å². The second-order valence-corrected chi connectivity index (χ2v) is 4.83. The molecule has 1 heterocycles. The number of methoxy groups -OCH3 is 1. The van der Waals surface area contributed by atoms with E-state index in [-0.39, 0.29) is 24.5 Å². The third-order valence-corrected chi connectivity index (χ3v) is 3.41. The highest BCUT2D eigenvalue weighted by Gasteiger charge is 2.23. The predicted molar refractivity (Wildman–Crippen MR) is 70.6 cm³/mol. The van der Waals surface area contributed by atoms with Gasteiger partial charge >= 0.3 is 5.97 Å². The topological polar surface area (TPSA) is 78.9 Å². The molecule has 0 saturated carbocycles. The van der Waals surface area contributed by atoms with E-state index in [9.17, 15) is 14.7 Å². The number of piperidine rings is 1. The first-order valence-electron chi connectivity index (χ1n) is 6.85. The van der Waals surface area contributed by atoms with E-state index in [4.69, 9.17) is 0 Å². The second-order valence-electron chi connectivity index (χ2n) is 4.83. The normalized spacial score (nSPS) is 20.0. The fourth-order valence-corrected chi connectivity index (χ4v) is 2.28. The minimum Gasteiger partial charge on any atom is -0.469 e. The Morgan fingerprint density at radius 3 is 2.89 bits per heavy atom. The van der Waals surface area contributed by atoms with Gasteiger partial charge in [0.25, 0.3) is 0 Å². The number of carbonyl (C=O) groups is 2. The van der Waals surface area contributed by atoms with Crippen LogP contribution in [0.2, 0.25) is 0 Å². The lowest BCUT2D eigenvalue weighted by atomic mass is 10.0. The van der Waals surface area contributed by atoms with E-state index in [1.807, 2.05) is 4.90 Å². The van der Waals surface area contributed by atoms with Gasteiger partial charge < -0.3 is 15.2 Å². The standard InChI is InChI=1S/C13H24N2O4/c1-19-13(18)6-4-7-14-12(17)9-15-8-3-2-5-11(15)10-16/h11,16H,2-10H2,1H3,(H,14,17). The summed E-state index contributed by atoms with van der Waals surface area (Å²) in [7, 11) is 1.35. The Kier molecular flexibility index (Phi) is 7.43. The number of rotatable bonds is 7. The zero-order valence-corrected chi connectivity index (χ0v) is 11.6. The van der Waals surface area contributed by atoms with Crippen molar-refractivity contribution in [1.82, 2.24) is 10.2 Å². The lowest BCUT2D eigenvalue weighted by molar-refractivity contribution is -0.140. The number of hydrogen-bond donors (Lipinski definition) is 2. The number of esters is 1. The molecule has 1 fully saturated rings. The molecule has 0 radical (unpaired) electrons. The van der Waals surface area contributed by atoms with Crippen LogP contribution in [0.25, 0.3) is 0 Å². The number of amides is 1. The van der Waals surface area contributed by atoms with Gasteiger partial charge in [0.05, 0.1) is 20.3 Å². The highest BCUT2D eigenvalue weighted by molar-refractivity contribution is 5.78. The van der Waals surface area contributed by atoms with Gasteiger partial charge in [-0.1, -0.05) is 6.42 Å². The largest absolute Gasteiger partial charge is 0.469 e. The van der Waals surface area contributed by atoms with Crippen molar-refractivity contribution in [1.29, 1.82) is 0 Å². The Labute approximate surface area is 114 Å². The van der Waals surface area contributed by atoms with Gasteiger partial charge in [-0.25, -0.2) is 0 Å². The van der Waals surface area contributed by atoms with Gasteiger partial charge in [0.15, 0.2) is 0 Å². The lowest BCUT2D eigenvalue weighted by Crippen LogP contribution is -2.47. The number of carbonyl (C=O) groups excluding carboxylic acids is 2. The molecule has 19 heavy (non-hydrogen) atoms. The van der Waals surface area contributed by atoms with Crippen molar-refractivity contribution in [2.75, 3.05) is 33.4 Å². The first kappa shape index (κ1) is 15.9. The Bertz CT molecular complexity index is 296. The zero-order valence-electron chi connectivity index (χ0n) is 11.6. The average Bonchev–Trinajstić information content (AvgIpc) is 2.43. The molecule has 6 heteroatoms. The molecule has 2 N–H and O–H groups in total. The fraction of sp³-hybridized carbons (Fsp3) is 0.846. The summed E-state index contributed by atoms with van der Waals surface area (Å²) >= 11 is 0. The Morgan fingerprint density at radius 2 is 2.21 bits per heavy atom. The number of nitrogens with one attached hydrogen (secondary N) is 1. The van der Waals surface area contributed by atoms with Crippen LogP contribution in [0.1, 0.15) is 32.1 Å². The van der Waals surface area contributed by atoms with Crippen molar-refractivity contribution in [2.45, 2.75) is 38.1 Å². The first-order chi connectivity index (χ1) is 9.17. The quantitative estimate of drug-likeness (QED) is 0.500. The van der Waals surface area contributed by atoms with Crippen LogP contribution < -0.4 is 5.32 Å². The molecule has 1 atom stereocenters. The molecule has 1 aliphatic rings. The van der Waals surface area contributed by atoms with Crippen molar-refractivity contribution < 1.29 is 19.4 Å². The highest BCUT2D eigenvalue weighted by Crippen LogP contribution is 2.15. The van der Waals surface area contributed by atoms with Crippen LogP contribution in [-0.2, 0) is 14.3 Å². The molecule has 6 nitrogen and oxygen atoms in total. The highest BCUT2D eigenvalue weighted by atomic mass is 16.5. The molecule has 0 bridgehead atoms. The summed E-state index contributed by atoms with van der Waals surface area (Å²) in [6.07, 6.45) is 4.04. The minimum absolute atomic E-state index is 0.0507. The van der Waals surface area contributed by atoms with Gasteiger partial charge in [0.2, 0.25) is 5.91 Å². The molecule has 0 aromatic heterocycles. The third kappa shape index (κ3) is 6.02. The van der Waals surface area contributed by atoms with E-state index in [2.05, 4.69) is 10.1 Å². The molecular weight excluding hydrogens is 248 g/mol. The number of hydrogen-bond acceptors (Lipinski definition) is 5. The molecule has 1 rings (SSSR count). The maximum atomic E-state index is 11.7. The van der Waals surface area contributed by atoms with Gasteiger partial charge in [-0.05, 0) is 25.8 Å². The lowest BCUT2D eigenvalue weighted by Gasteiger charge is -2.33. The third-order valence-electron chi connectivity index (χ3n) is 3.41. The van der Waals surface area contributed by atoms with Crippen LogP contribution in [-0.4, -0.2) is 61.3 Å². The van der Waals surface area contributed by atoms with Crippen molar-refractivity contribution in [2.24, 2.45) is 0 Å². The van der Waals surface area contributed by atoms with E-state index in [1.165, 1.54) is 7.11 Å². The molecule has 1 saturated heterocycles. The smallest absolute Gasteiger partial charge is 0.305 e. The number of aliphatic hydroxyl groups is 1. The predicted octanol–water partition coefficient (Wildman–Crippen LogP) is -0.0974. The van der Waals surface area contributed by atoms with Gasteiger partial charge in [-0.3, -0.25) is 14.5 Å². The molecule has 1 amide bonds. The van der Waals surface area contributed by atoms with Crippen molar-refractivity contribution in [3.8, 4) is 0 Å². The fourth-order valence-electron chi connectivity index (χ4n) is 2.28. The summed E-state index contributed by atoms with van der Waals surface area (Å²) in [6.45, 7) is 1.77. The van der Waals surface area contributed by atoms with E-state index in [1.54, 1.807) is 0 Å². The summed E-state index contributed by atoms with van der Waals surface area (Å²) in [4.78, 5) is 24.6. The number of nitrogens with zero attached hydrogens (tertiary/aromatic N) is 1. The maximum Gasteiger partial charge on any atom is 0.305 e. The molecule has 1 aliphatic heterocycles. The average molecular weight is 272 g/mol. The Morgan fingerprint density at radius 1 is 1.42 bits per heavy atom. The molecule has 0 aromatic rings. The number of ether oxygens (including phenoxy) is 1. The van der Waals surface area contributed by atoms with Crippen LogP contribution in [0.4, 0.5) is 0 Å². The minimum atomic E-state index is -0.259. The summed E-state index contributed by atoms with van der Waals surface area (Å²) in [5, 5.41) is 12.0. The number of aliphatic hydroxyl groups excluding tert-OH is 1. The number of likely N-dealkylation sites (tertiary alicyclic amines) is 1. The molecule has 110 valence electrons. The maximum absolute atomic E-state index is 11.7. The van der Waals surface area contributed by atoms with E-state index >= 15 is 0 Å². The molecule has 0 aliphatic carbocycles. The van der Waals surface area contributed by atoms with Gasteiger partial charge in [0, 0.05) is 19.0 Å². The van der Waals surface area contributed by atoms with Gasteiger partial charge in [-0.15, -0.1) is 0 Å². The Hall–Kier alpha value is -1.14. The van der Waals surface area contributed by atoms with Crippen molar-refractivity contribution >= 4 is 11.9 Å². The van der Waals surface area contributed by atoms with Crippen molar-refractivity contribution in [3.63, 3.8) is 0 Å². The molecule has 1 unspecified atom stereocenters. The van der Waals surface area contributed by atoms with E-state index in [0.29, 0.717) is 25.9 Å². The van der Waals surface area contributed by atoms with Crippen molar-refractivity contribution in [3.05, 3.63) is 0 Å². The molecule has 0 aromatic carbocycles. The van der Waals surface area contributed by atoms with Crippen LogP contribution in [0, 0.1) is 0 Å². The van der Waals surface area contributed by atoms with Gasteiger partial charge in [0.1, 0.15) is 0 Å². The second kappa shape index (κ2) is 8.87. The van der Waals surface area contributed by atoms with Crippen LogP contribution in [0.15, 0.2) is 0 Å². The van der Waals surface area contributed by atoms with Crippen LogP contribution in [0.3, 0.4) is 0 Å². The van der Waals surface area contributed by atoms with Crippen LogP contribution >= 0.6 is 0 Å². The monoisotopic (exact) mass is 272 g/mol. The van der Waals surface area contributed by atoms with Gasteiger partial charge in [-0.2, -0.15) is 0 Å². The summed E-state index contributed by atoms with van der Waals surface area (Å²) in [6, 6.07) is 0.106. The molecule has 0 spiro atoms. The van der Waals surface area contributed by atoms with E-state index < -0.39 is 0 Å². The first-order valence-corrected chi connectivity index (χ1v) is 6.85. The Balaban J connectivity index is 2.17. The summed E-state index contributed by atoms with van der Waals surface area (Å²) in [5.41, 5.74) is 0. The summed E-state index contributed by atoms with van der Waals surface area (Å²) in [5.74, 6) is -0.309. The zero-order chi connectivity index (χ0) is 14.1.